The van der Waals surface area contributed by atoms with E-state index in [1.165, 1.54) is 12.1 Å². The van der Waals surface area contributed by atoms with E-state index in [1.54, 1.807) is 25.1 Å². The number of carbonyl (C=O) groups excluding carboxylic acids is 2. The van der Waals surface area contributed by atoms with E-state index < -0.39 is 23.9 Å². The van der Waals surface area contributed by atoms with Crippen LogP contribution in [0.1, 0.15) is 66.1 Å². The molecule has 2 amide bonds. The van der Waals surface area contributed by atoms with Gasteiger partial charge in [-0.3, -0.25) is 10.1 Å². The van der Waals surface area contributed by atoms with E-state index in [2.05, 4.69) is 5.32 Å². The Morgan fingerprint density at radius 1 is 1.10 bits per heavy atom. The molecule has 1 atom stereocenters. The molecule has 5 nitrogen and oxygen atoms in total. The summed E-state index contributed by atoms with van der Waals surface area (Å²) in [4.78, 5) is 24.1. The second kappa shape index (κ2) is 8.44. The summed E-state index contributed by atoms with van der Waals surface area (Å²) in [5.41, 5.74) is 1.30. The molecule has 30 heavy (non-hydrogen) atoms. The van der Waals surface area contributed by atoms with E-state index in [0.717, 1.165) is 31.2 Å². The fraction of sp³-hybridized carbons (Fsp3) is 0.364. The molecule has 2 aromatic carbocycles. The molecule has 0 aliphatic heterocycles. The number of halogens is 3. The van der Waals surface area contributed by atoms with Crippen LogP contribution in [0, 0.1) is 5.82 Å². The average Bonchev–Trinajstić information content (AvgIpc) is 3.58. The molecule has 2 aromatic rings. The minimum Gasteiger partial charge on any atom is -0.486 e. The normalized spacial score (nSPS) is 16.7. The van der Waals surface area contributed by atoms with E-state index in [9.17, 15) is 14.0 Å². The molecular weight excluding hydrogens is 432 g/mol. The summed E-state index contributed by atoms with van der Waals surface area (Å²) in [5.74, 6) is -0.811. The van der Waals surface area contributed by atoms with Gasteiger partial charge in [0.05, 0.1) is 15.6 Å². The number of nitrogens with one attached hydrogen (secondary N) is 1. The van der Waals surface area contributed by atoms with E-state index in [-0.39, 0.29) is 17.6 Å². The lowest BCUT2D eigenvalue weighted by Crippen LogP contribution is -2.32. The summed E-state index contributed by atoms with van der Waals surface area (Å²) < 4.78 is 25.7. The molecule has 0 heterocycles. The molecule has 2 saturated carbocycles. The Morgan fingerprint density at radius 3 is 2.47 bits per heavy atom. The van der Waals surface area contributed by atoms with Gasteiger partial charge in [0, 0.05) is 6.07 Å². The van der Waals surface area contributed by atoms with Crippen molar-refractivity contribution < 1.29 is 23.5 Å². The van der Waals surface area contributed by atoms with Gasteiger partial charge in [-0.25, -0.2) is 9.18 Å². The summed E-state index contributed by atoms with van der Waals surface area (Å²) in [6, 6.07) is 7.72. The molecule has 2 fully saturated rings. The van der Waals surface area contributed by atoms with E-state index in [0.29, 0.717) is 21.4 Å². The molecule has 8 heteroatoms. The van der Waals surface area contributed by atoms with Crippen LogP contribution < -0.4 is 10.1 Å². The quantitative estimate of drug-likeness (QED) is 0.569. The fourth-order valence-corrected chi connectivity index (χ4v) is 3.51. The van der Waals surface area contributed by atoms with E-state index in [4.69, 9.17) is 32.7 Å². The Morgan fingerprint density at radius 2 is 1.83 bits per heavy atom. The van der Waals surface area contributed by atoms with Crippen molar-refractivity contribution in [3.8, 4) is 5.75 Å². The topological polar surface area (TPSA) is 64.6 Å². The minimum absolute atomic E-state index is 0.147. The van der Waals surface area contributed by atoms with Gasteiger partial charge in [0.15, 0.2) is 0 Å². The molecule has 2 aliphatic rings. The first-order valence-electron chi connectivity index (χ1n) is 9.79. The van der Waals surface area contributed by atoms with Crippen molar-refractivity contribution in [1.82, 2.24) is 5.32 Å². The predicted molar refractivity (Wildman–Crippen MR) is 111 cm³/mol. The number of benzene rings is 2. The van der Waals surface area contributed by atoms with Gasteiger partial charge in [0.25, 0.3) is 5.91 Å². The molecule has 1 N–H and O–H groups in total. The molecule has 0 aromatic heterocycles. The van der Waals surface area contributed by atoms with Gasteiger partial charge in [-0.2, -0.15) is 0 Å². The first kappa shape index (κ1) is 20.9. The SMILES string of the molecule is C[C@@H](Oc1ccc(Cl)c(Cl)c1)c1cc(F)c(C(=O)NC(=O)OC2CC2)cc1C1CC1. The number of imide groups is 1. The smallest absolute Gasteiger partial charge is 0.414 e. The summed E-state index contributed by atoms with van der Waals surface area (Å²) in [6.45, 7) is 1.80. The highest BCUT2D eigenvalue weighted by molar-refractivity contribution is 6.42. The molecule has 0 spiro atoms. The monoisotopic (exact) mass is 451 g/mol. The number of hydrogen-bond acceptors (Lipinski definition) is 4. The Kier molecular flexibility index (Phi) is 5.89. The van der Waals surface area contributed by atoms with Gasteiger partial charge >= 0.3 is 6.09 Å². The highest BCUT2D eigenvalue weighted by atomic mass is 35.5. The number of alkyl carbamates (subject to hydrolysis) is 1. The van der Waals surface area contributed by atoms with Gasteiger partial charge in [0.1, 0.15) is 23.8 Å². The third-order valence-corrected chi connectivity index (χ3v) is 5.83. The zero-order chi connectivity index (χ0) is 21.4. The van der Waals surface area contributed by atoms with Crippen LogP contribution in [0.3, 0.4) is 0 Å². The number of rotatable bonds is 6. The van der Waals surface area contributed by atoms with Crippen LogP contribution in [-0.4, -0.2) is 18.1 Å². The summed E-state index contributed by atoms with van der Waals surface area (Å²) in [6.07, 6.45) is 1.98. The van der Waals surface area contributed by atoms with E-state index >= 15 is 0 Å². The number of hydrogen-bond donors (Lipinski definition) is 1. The van der Waals surface area contributed by atoms with Crippen LogP contribution in [0.4, 0.5) is 9.18 Å². The lowest BCUT2D eigenvalue weighted by Gasteiger charge is -2.20. The first-order chi connectivity index (χ1) is 14.3. The van der Waals surface area contributed by atoms with Crippen LogP contribution in [-0.2, 0) is 4.74 Å². The fourth-order valence-electron chi connectivity index (χ4n) is 3.22. The molecule has 0 saturated heterocycles. The Balaban J connectivity index is 1.55. The first-order valence-corrected chi connectivity index (χ1v) is 10.5. The molecule has 4 rings (SSSR count). The van der Waals surface area contributed by atoms with Crippen molar-refractivity contribution in [2.24, 2.45) is 0 Å². The van der Waals surface area contributed by atoms with Gasteiger partial charge in [0.2, 0.25) is 0 Å². The van der Waals surface area contributed by atoms with Crippen LogP contribution in [0.2, 0.25) is 10.0 Å². The van der Waals surface area contributed by atoms with E-state index in [1.807, 2.05) is 0 Å². The Labute approximate surface area is 183 Å². The highest BCUT2D eigenvalue weighted by Gasteiger charge is 2.31. The summed E-state index contributed by atoms with van der Waals surface area (Å²) >= 11 is 12.0. The van der Waals surface area contributed by atoms with Crippen molar-refractivity contribution >= 4 is 35.2 Å². The number of carbonyl (C=O) groups is 2. The van der Waals surface area contributed by atoms with Crippen molar-refractivity contribution in [2.75, 3.05) is 0 Å². The molecule has 0 radical (unpaired) electrons. The molecule has 0 bridgehead atoms. The molecule has 2 aliphatic carbocycles. The number of ether oxygens (including phenoxy) is 2. The second-order valence-corrected chi connectivity index (χ2v) is 8.44. The zero-order valence-electron chi connectivity index (χ0n) is 16.2. The third kappa shape index (κ3) is 4.87. The molecular formula is C22H20Cl2FNO4. The maximum Gasteiger partial charge on any atom is 0.414 e. The van der Waals surface area contributed by atoms with Crippen LogP contribution >= 0.6 is 23.2 Å². The van der Waals surface area contributed by atoms with Crippen LogP contribution in [0.15, 0.2) is 30.3 Å². The average molecular weight is 452 g/mol. The minimum atomic E-state index is -0.852. The lowest BCUT2D eigenvalue weighted by atomic mass is 9.96. The third-order valence-electron chi connectivity index (χ3n) is 5.09. The van der Waals surface area contributed by atoms with Crippen LogP contribution in [0.25, 0.3) is 0 Å². The maximum atomic E-state index is 14.8. The summed E-state index contributed by atoms with van der Waals surface area (Å²) in [7, 11) is 0. The van der Waals surface area contributed by atoms with Crippen molar-refractivity contribution in [3.63, 3.8) is 0 Å². The van der Waals surface area contributed by atoms with Gasteiger partial charge in [-0.1, -0.05) is 23.2 Å². The Hall–Kier alpha value is -2.31. The zero-order valence-corrected chi connectivity index (χ0v) is 17.7. The van der Waals surface area contributed by atoms with Crippen molar-refractivity contribution in [2.45, 2.75) is 50.7 Å². The predicted octanol–water partition coefficient (Wildman–Crippen LogP) is 6.18. The second-order valence-electron chi connectivity index (χ2n) is 7.63. The van der Waals surface area contributed by atoms with Gasteiger partial charge < -0.3 is 9.47 Å². The standard InChI is InChI=1S/C22H20Cl2FNO4/c1-11(29-14-6-7-18(23)19(24)8-14)15-10-20(25)17(9-16(15)12-2-3-12)21(27)26-22(28)30-13-4-5-13/h6-13H,2-5H2,1H3,(H,26,27,28)/t11-/m1/s1. The summed E-state index contributed by atoms with van der Waals surface area (Å²) in [5, 5.41) is 2.87. The molecule has 158 valence electrons. The van der Waals surface area contributed by atoms with Gasteiger partial charge in [-0.05, 0) is 73.9 Å². The maximum absolute atomic E-state index is 14.8. The molecule has 0 unspecified atom stereocenters. The van der Waals surface area contributed by atoms with Gasteiger partial charge in [-0.15, -0.1) is 0 Å². The lowest BCUT2D eigenvalue weighted by molar-refractivity contribution is 0.0908. The largest absolute Gasteiger partial charge is 0.486 e. The highest BCUT2D eigenvalue weighted by Crippen LogP contribution is 2.44. The number of amides is 2. The van der Waals surface area contributed by atoms with Crippen molar-refractivity contribution in [3.05, 3.63) is 62.9 Å². The Bertz CT molecular complexity index is 1000. The van der Waals surface area contributed by atoms with Crippen molar-refractivity contribution in [1.29, 1.82) is 0 Å². The van der Waals surface area contributed by atoms with Crippen LogP contribution in [0.5, 0.6) is 5.75 Å².